The first-order valence-electron chi connectivity index (χ1n) is 6.41. The lowest BCUT2D eigenvalue weighted by atomic mass is 9.92. The van der Waals surface area contributed by atoms with E-state index in [1.807, 2.05) is 13.0 Å². The first-order chi connectivity index (χ1) is 8.29. The van der Waals surface area contributed by atoms with Crippen molar-refractivity contribution in [2.24, 2.45) is 5.92 Å². The second kappa shape index (κ2) is 6.01. The molecule has 1 fully saturated rings. The molecule has 1 aromatic rings. The third kappa shape index (κ3) is 3.43. The van der Waals surface area contributed by atoms with Crippen LogP contribution in [0.1, 0.15) is 25.3 Å². The van der Waals surface area contributed by atoms with E-state index in [1.54, 1.807) is 12.1 Å². The highest BCUT2D eigenvalue weighted by Gasteiger charge is 2.14. The van der Waals surface area contributed by atoms with Crippen LogP contribution >= 0.6 is 0 Å². The maximum absolute atomic E-state index is 13.7. The lowest BCUT2D eigenvalue weighted by Gasteiger charge is -2.22. The van der Waals surface area contributed by atoms with Crippen molar-refractivity contribution in [2.75, 3.05) is 19.7 Å². The zero-order valence-electron chi connectivity index (χ0n) is 10.3. The minimum atomic E-state index is -0.242. The number of rotatable bonds is 4. The Morgan fingerprint density at radius 1 is 1.47 bits per heavy atom. The minimum absolute atomic E-state index is 0.242. The molecular formula is C14H20FNO. The number of hydrogen-bond donors (Lipinski definition) is 1. The van der Waals surface area contributed by atoms with Crippen molar-refractivity contribution in [1.29, 1.82) is 0 Å². The van der Waals surface area contributed by atoms with Crippen LogP contribution in [0.5, 0.6) is 5.75 Å². The second-order valence-corrected chi connectivity index (χ2v) is 4.61. The standard InChI is InChI=1S/C14H20FNO/c1-2-17-14-6-5-11(9-13(14)15)8-12-4-3-7-16-10-12/h5-6,9,12,16H,2-4,7-8,10H2,1H3. The summed E-state index contributed by atoms with van der Waals surface area (Å²) in [6, 6.07) is 5.33. The normalized spacial score (nSPS) is 20.2. The van der Waals surface area contributed by atoms with E-state index in [9.17, 15) is 4.39 Å². The molecule has 0 saturated carbocycles. The minimum Gasteiger partial charge on any atom is -0.491 e. The Balaban J connectivity index is 1.98. The fourth-order valence-electron chi connectivity index (χ4n) is 2.38. The predicted molar refractivity (Wildman–Crippen MR) is 66.9 cm³/mol. The van der Waals surface area contributed by atoms with Crippen LogP contribution in [0.4, 0.5) is 4.39 Å². The smallest absolute Gasteiger partial charge is 0.165 e. The quantitative estimate of drug-likeness (QED) is 0.869. The highest BCUT2D eigenvalue weighted by Crippen LogP contribution is 2.22. The van der Waals surface area contributed by atoms with Crippen LogP contribution in [0.2, 0.25) is 0 Å². The molecule has 2 nitrogen and oxygen atoms in total. The number of piperidine rings is 1. The molecule has 1 saturated heterocycles. The maximum Gasteiger partial charge on any atom is 0.165 e. The van der Waals surface area contributed by atoms with Crippen molar-refractivity contribution in [3.05, 3.63) is 29.6 Å². The summed E-state index contributed by atoms with van der Waals surface area (Å²) in [5.74, 6) is 0.757. The van der Waals surface area contributed by atoms with Crippen LogP contribution in [0.15, 0.2) is 18.2 Å². The first kappa shape index (κ1) is 12.4. The average molecular weight is 237 g/mol. The largest absolute Gasteiger partial charge is 0.491 e. The second-order valence-electron chi connectivity index (χ2n) is 4.61. The monoisotopic (exact) mass is 237 g/mol. The van der Waals surface area contributed by atoms with Gasteiger partial charge < -0.3 is 10.1 Å². The topological polar surface area (TPSA) is 21.3 Å². The summed E-state index contributed by atoms with van der Waals surface area (Å²) in [5, 5.41) is 3.38. The molecule has 2 rings (SSSR count). The highest BCUT2D eigenvalue weighted by molar-refractivity contribution is 5.29. The molecular weight excluding hydrogens is 217 g/mol. The van der Waals surface area contributed by atoms with Gasteiger partial charge in [-0.15, -0.1) is 0 Å². The van der Waals surface area contributed by atoms with Crippen LogP contribution in [-0.2, 0) is 6.42 Å². The van der Waals surface area contributed by atoms with Crippen LogP contribution < -0.4 is 10.1 Å². The summed E-state index contributed by atoms with van der Waals surface area (Å²) >= 11 is 0. The van der Waals surface area contributed by atoms with Gasteiger partial charge in [0.05, 0.1) is 6.61 Å². The molecule has 94 valence electrons. The van der Waals surface area contributed by atoms with Gasteiger partial charge in [-0.3, -0.25) is 0 Å². The van der Waals surface area contributed by atoms with Gasteiger partial charge in [0.1, 0.15) is 0 Å². The van der Waals surface area contributed by atoms with Gasteiger partial charge in [-0.1, -0.05) is 6.07 Å². The summed E-state index contributed by atoms with van der Waals surface area (Å²) in [5.41, 5.74) is 1.07. The Kier molecular flexibility index (Phi) is 4.37. The molecule has 1 N–H and O–H groups in total. The Labute approximate surface area is 102 Å². The molecule has 1 aliphatic heterocycles. The van der Waals surface area contributed by atoms with Crippen molar-refractivity contribution in [3.63, 3.8) is 0 Å². The molecule has 1 heterocycles. The van der Waals surface area contributed by atoms with Crippen molar-refractivity contribution < 1.29 is 9.13 Å². The molecule has 3 heteroatoms. The number of benzene rings is 1. The van der Waals surface area contributed by atoms with Gasteiger partial charge in [0.15, 0.2) is 11.6 Å². The van der Waals surface area contributed by atoms with Gasteiger partial charge in [-0.25, -0.2) is 4.39 Å². The Morgan fingerprint density at radius 2 is 2.35 bits per heavy atom. The summed E-state index contributed by atoms with van der Waals surface area (Å²) in [4.78, 5) is 0. The number of ether oxygens (including phenoxy) is 1. The van der Waals surface area contributed by atoms with Crippen molar-refractivity contribution in [1.82, 2.24) is 5.32 Å². The van der Waals surface area contributed by atoms with Gasteiger partial charge in [0.25, 0.3) is 0 Å². The molecule has 1 atom stereocenters. The van der Waals surface area contributed by atoms with E-state index in [0.29, 0.717) is 18.3 Å². The van der Waals surface area contributed by atoms with Crippen LogP contribution in [-0.4, -0.2) is 19.7 Å². The zero-order valence-corrected chi connectivity index (χ0v) is 10.3. The first-order valence-corrected chi connectivity index (χ1v) is 6.41. The highest BCUT2D eigenvalue weighted by atomic mass is 19.1. The van der Waals surface area contributed by atoms with E-state index in [0.717, 1.165) is 25.1 Å². The average Bonchev–Trinajstić information content (AvgIpc) is 2.34. The molecule has 1 aromatic carbocycles. The summed E-state index contributed by atoms with van der Waals surface area (Å²) in [7, 11) is 0. The van der Waals surface area contributed by atoms with Gasteiger partial charge in [-0.2, -0.15) is 0 Å². The summed E-state index contributed by atoms with van der Waals surface area (Å²) in [6.07, 6.45) is 3.42. The van der Waals surface area contributed by atoms with Crippen LogP contribution in [0, 0.1) is 11.7 Å². The predicted octanol–water partition coefficient (Wildman–Crippen LogP) is 2.77. The molecule has 0 bridgehead atoms. The number of hydrogen-bond acceptors (Lipinski definition) is 2. The third-order valence-electron chi connectivity index (χ3n) is 3.22. The molecule has 1 unspecified atom stereocenters. The van der Waals surface area contributed by atoms with E-state index >= 15 is 0 Å². The lowest BCUT2D eigenvalue weighted by Crippen LogP contribution is -2.30. The van der Waals surface area contributed by atoms with Gasteiger partial charge >= 0.3 is 0 Å². The number of nitrogens with one attached hydrogen (secondary N) is 1. The molecule has 0 aliphatic carbocycles. The van der Waals surface area contributed by atoms with Gasteiger partial charge in [0, 0.05) is 0 Å². The molecule has 17 heavy (non-hydrogen) atoms. The summed E-state index contributed by atoms with van der Waals surface area (Å²) < 4.78 is 18.8. The van der Waals surface area contributed by atoms with Gasteiger partial charge in [-0.05, 0) is 62.9 Å². The van der Waals surface area contributed by atoms with Crippen molar-refractivity contribution >= 4 is 0 Å². The van der Waals surface area contributed by atoms with Gasteiger partial charge in [0.2, 0.25) is 0 Å². The zero-order chi connectivity index (χ0) is 12.1. The molecule has 0 amide bonds. The maximum atomic E-state index is 13.7. The fourth-order valence-corrected chi connectivity index (χ4v) is 2.38. The van der Waals surface area contributed by atoms with E-state index in [1.165, 1.54) is 12.8 Å². The van der Waals surface area contributed by atoms with E-state index < -0.39 is 0 Å². The third-order valence-corrected chi connectivity index (χ3v) is 3.22. The Hall–Kier alpha value is -1.09. The Morgan fingerprint density at radius 3 is 3.00 bits per heavy atom. The molecule has 0 aromatic heterocycles. The molecule has 1 aliphatic rings. The molecule has 0 spiro atoms. The van der Waals surface area contributed by atoms with Crippen LogP contribution in [0.3, 0.4) is 0 Å². The van der Waals surface area contributed by atoms with Crippen LogP contribution in [0.25, 0.3) is 0 Å². The summed E-state index contributed by atoms with van der Waals surface area (Å²) in [6.45, 7) is 4.53. The lowest BCUT2D eigenvalue weighted by molar-refractivity contribution is 0.321. The van der Waals surface area contributed by atoms with E-state index in [4.69, 9.17) is 4.74 Å². The van der Waals surface area contributed by atoms with Crippen molar-refractivity contribution in [3.8, 4) is 5.75 Å². The Bertz CT molecular complexity index is 361. The fraction of sp³-hybridized carbons (Fsp3) is 0.571. The number of halogens is 1. The van der Waals surface area contributed by atoms with E-state index in [-0.39, 0.29) is 5.82 Å². The molecule has 0 radical (unpaired) electrons. The van der Waals surface area contributed by atoms with E-state index in [2.05, 4.69) is 5.32 Å². The SMILES string of the molecule is CCOc1ccc(CC2CCCNC2)cc1F. The van der Waals surface area contributed by atoms with Crippen molar-refractivity contribution in [2.45, 2.75) is 26.2 Å².